The zero-order valence-corrected chi connectivity index (χ0v) is 17.4. The first-order valence-electron chi connectivity index (χ1n) is 9.06. The minimum absolute atomic E-state index is 0.000915. The maximum absolute atomic E-state index is 12.9. The van der Waals surface area contributed by atoms with Crippen LogP contribution in [0.5, 0.6) is 0 Å². The zero-order chi connectivity index (χ0) is 21.5. The van der Waals surface area contributed by atoms with Crippen molar-refractivity contribution in [3.8, 4) is 0 Å². The van der Waals surface area contributed by atoms with Gasteiger partial charge in [0.2, 0.25) is 0 Å². The zero-order valence-electron chi connectivity index (χ0n) is 16.5. The molecule has 0 aliphatic rings. The van der Waals surface area contributed by atoms with Crippen LogP contribution in [0.15, 0.2) is 49.6 Å². The van der Waals surface area contributed by atoms with E-state index in [0.717, 1.165) is 23.3 Å². The highest BCUT2D eigenvalue weighted by molar-refractivity contribution is 7.48. The van der Waals surface area contributed by atoms with Gasteiger partial charge >= 0.3 is 19.8 Å². The number of phosphoric acid groups is 1. The lowest BCUT2D eigenvalue weighted by Crippen LogP contribution is -2.09. The lowest BCUT2D eigenvalue weighted by Gasteiger charge is -2.18. The summed E-state index contributed by atoms with van der Waals surface area (Å²) in [6.45, 7) is 8.72. The van der Waals surface area contributed by atoms with Crippen LogP contribution in [-0.2, 0) is 43.8 Å². The Morgan fingerprint density at radius 2 is 1.41 bits per heavy atom. The van der Waals surface area contributed by atoms with Gasteiger partial charge in [-0.25, -0.2) is 14.2 Å². The molecule has 0 N–H and O–H groups in total. The van der Waals surface area contributed by atoms with Crippen LogP contribution in [0.3, 0.4) is 0 Å². The quantitative estimate of drug-likeness (QED) is 0.180. The fourth-order valence-corrected chi connectivity index (χ4v) is 3.19. The maximum Gasteiger partial charge on any atom is 0.475 e. The van der Waals surface area contributed by atoms with Gasteiger partial charge in [-0.1, -0.05) is 37.4 Å². The monoisotopic (exact) mass is 426 g/mol. The summed E-state index contributed by atoms with van der Waals surface area (Å²) < 4.78 is 38.7. The van der Waals surface area contributed by atoms with Crippen molar-refractivity contribution in [3.05, 3.63) is 60.7 Å². The van der Waals surface area contributed by atoms with E-state index in [-0.39, 0.29) is 33.0 Å². The van der Waals surface area contributed by atoms with Crippen LogP contribution in [0.1, 0.15) is 24.0 Å². The molecule has 9 heteroatoms. The van der Waals surface area contributed by atoms with Crippen molar-refractivity contribution < 1.29 is 37.2 Å². The Hall–Kier alpha value is -2.25. The number of carbonyl (C=O) groups is 2. The summed E-state index contributed by atoms with van der Waals surface area (Å²) >= 11 is 0. The van der Waals surface area contributed by atoms with E-state index in [9.17, 15) is 14.2 Å². The van der Waals surface area contributed by atoms with E-state index < -0.39 is 19.8 Å². The molecule has 0 aliphatic carbocycles. The number of carbonyl (C=O) groups excluding carboxylic acids is 2. The molecule has 1 aromatic rings. The summed E-state index contributed by atoms with van der Waals surface area (Å²) in [7, 11) is -3.87. The Labute approximate surface area is 171 Å². The van der Waals surface area contributed by atoms with Crippen LogP contribution in [0.2, 0.25) is 0 Å². The van der Waals surface area contributed by atoms with Gasteiger partial charge in [-0.15, -0.1) is 0 Å². The van der Waals surface area contributed by atoms with Gasteiger partial charge in [0, 0.05) is 25.0 Å². The van der Waals surface area contributed by atoms with Crippen LogP contribution in [-0.4, -0.2) is 38.4 Å². The van der Waals surface area contributed by atoms with Crippen LogP contribution < -0.4 is 0 Å². The van der Waals surface area contributed by atoms with Crippen molar-refractivity contribution >= 4 is 19.8 Å². The first kappa shape index (κ1) is 24.8. The van der Waals surface area contributed by atoms with Crippen molar-refractivity contribution in [1.82, 2.24) is 0 Å². The van der Waals surface area contributed by atoms with E-state index in [1.807, 2.05) is 31.2 Å². The standard InChI is InChI=1S/C20H27O8P/c1-4-19(21)24-12-8-14-26-29(23,27-15-9-13-25-20(22)5-2)28-16-18-11-7-6-10-17(18)3/h4-7,10-11H,1-2,8-9,12-16H2,3H3. The van der Waals surface area contributed by atoms with Gasteiger partial charge in [0.1, 0.15) is 0 Å². The molecule has 1 rings (SSSR count). The fourth-order valence-electron chi connectivity index (χ4n) is 1.97. The molecule has 0 spiro atoms. The van der Waals surface area contributed by atoms with Crippen LogP contribution in [0.25, 0.3) is 0 Å². The number of rotatable bonds is 15. The second-order valence-corrected chi connectivity index (χ2v) is 7.43. The lowest BCUT2D eigenvalue weighted by atomic mass is 10.1. The van der Waals surface area contributed by atoms with Crippen LogP contribution in [0.4, 0.5) is 0 Å². The molecule has 0 aromatic heterocycles. The van der Waals surface area contributed by atoms with Crippen molar-refractivity contribution in [3.63, 3.8) is 0 Å². The maximum atomic E-state index is 12.9. The molecule has 29 heavy (non-hydrogen) atoms. The molecule has 8 nitrogen and oxygen atoms in total. The molecule has 0 aliphatic heterocycles. The first-order chi connectivity index (χ1) is 13.9. The summed E-state index contributed by atoms with van der Waals surface area (Å²) in [5.41, 5.74) is 1.83. The number of phosphoric ester groups is 1. The Bertz CT molecular complexity index is 697. The molecule has 0 radical (unpaired) electrons. The Kier molecular flexibility index (Phi) is 11.8. The molecule has 0 fully saturated rings. The van der Waals surface area contributed by atoms with Gasteiger partial charge in [0.05, 0.1) is 33.0 Å². The topological polar surface area (TPSA) is 97.4 Å². The largest absolute Gasteiger partial charge is 0.475 e. The van der Waals surface area contributed by atoms with E-state index in [1.54, 1.807) is 0 Å². The number of esters is 2. The van der Waals surface area contributed by atoms with E-state index in [0.29, 0.717) is 12.8 Å². The van der Waals surface area contributed by atoms with Gasteiger partial charge < -0.3 is 9.47 Å². The number of benzene rings is 1. The Morgan fingerprint density at radius 1 is 0.897 bits per heavy atom. The van der Waals surface area contributed by atoms with E-state index in [2.05, 4.69) is 13.2 Å². The van der Waals surface area contributed by atoms with Crippen molar-refractivity contribution in [2.75, 3.05) is 26.4 Å². The normalized spacial score (nSPS) is 10.9. The summed E-state index contributed by atoms with van der Waals surface area (Å²) in [4.78, 5) is 22.0. The summed E-state index contributed by atoms with van der Waals surface area (Å²) in [5.74, 6) is -1.09. The molecule has 0 unspecified atom stereocenters. The number of hydrogen-bond donors (Lipinski definition) is 0. The van der Waals surface area contributed by atoms with E-state index in [4.69, 9.17) is 23.0 Å². The number of ether oxygens (including phenoxy) is 2. The molecule has 0 amide bonds. The highest BCUT2D eigenvalue weighted by Crippen LogP contribution is 2.50. The van der Waals surface area contributed by atoms with E-state index >= 15 is 0 Å². The molecule has 160 valence electrons. The van der Waals surface area contributed by atoms with Crippen molar-refractivity contribution in [2.24, 2.45) is 0 Å². The molecule has 0 saturated carbocycles. The first-order valence-corrected chi connectivity index (χ1v) is 10.5. The second kappa shape index (κ2) is 13.8. The van der Waals surface area contributed by atoms with Gasteiger partial charge in [-0.05, 0) is 18.1 Å². The number of aryl methyl sites for hydroxylation is 1. The third kappa shape index (κ3) is 10.8. The SMILES string of the molecule is C=CC(=O)OCCCOP(=O)(OCCCOC(=O)C=C)OCc1ccccc1C. The highest BCUT2D eigenvalue weighted by atomic mass is 31.2. The highest BCUT2D eigenvalue weighted by Gasteiger charge is 2.27. The predicted molar refractivity (Wildman–Crippen MR) is 107 cm³/mol. The van der Waals surface area contributed by atoms with Gasteiger partial charge in [0.25, 0.3) is 0 Å². The summed E-state index contributed by atoms with van der Waals surface area (Å²) in [5, 5.41) is 0. The van der Waals surface area contributed by atoms with Crippen molar-refractivity contribution in [2.45, 2.75) is 26.4 Å². The summed E-state index contributed by atoms with van der Waals surface area (Å²) in [6, 6.07) is 7.50. The Morgan fingerprint density at radius 3 is 1.90 bits per heavy atom. The van der Waals surface area contributed by atoms with Gasteiger partial charge in [-0.2, -0.15) is 0 Å². The van der Waals surface area contributed by atoms with Crippen LogP contribution in [0, 0.1) is 6.92 Å². The minimum Gasteiger partial charge on any atom is -0.462 e. The minimum atomic E-state index is -3.87. The molecule has 0 bridgehead atoms. The van der Waals surface area contributed by atoms with Gasteiger partial charge in [-0.3, -0.25) is 13.6 Å². The van der Waals surface area contributed by atoms with Crippen molar-refractivity contribution in [1.29, 1.82) is 0 Å². The smallest absolute Gasteiger partial charge is 0.462 e. The average Bonchev–Trinajstić information content (AvgIpc) is 2.72. The fraction of sp³-hybridized carbons (Fsp3) is 0.400. The third-order valence-corrected chi connectivity index (χ3v) is 4.98. The molecule has 0 atom stereocenters. The molecular formula is C20H27O8P. The average molecular weight is 426 g/mol. The van der Waals surface area contributed by atoms with E-state index in [1.165, 1.54) is 0 Å². The second-order valence-electron chi connectivity index (χ2n) is 5.76. The summed E-state index contributed by atoms with van der Waals surface area (Å²) in [6.07, 6.45) is 2.72. The molecule has 0 saturated heterocycles. The molecular weight excluding hydrogens is 399 g/mol. The van der Waals surface area contributed by atoms with Gasteiger partial charge in [0.15, 0.2) is 0 Å². The third-order valence-electron chi connectivity index (χ3n) is 3.54. The predicted octanol–water partition coefficient (Wildman–Crippen LogP) is 3.89. The molecule has 1 aromatic carbocycles. The van der Waals surface area contributed by atoms with Crippen LogP contribution >= 0.6 is 7.82 Å². The Balaban J connectivity index is 2.53. The number of hydrogen-bond acceptors (Lipinski definition) is 8. The molecule has 0 heterocycles. The lowest BCUT2D eigenvalue weighted by molar-refractivity contribution is -0.138.